The van der Waals surface area contributed by atoms with Gasteiger partial charge in [-0.05, 0) is 13.5 Å². The Kier molecular flexibility index (Phi) is 6.02. The first-order valence-corrected chi connectivity index (χ1v) is 4.93. The minimum absolute atomic E-state index is 0.663. The lowest BCUT2D eigenvalue weighted by molar-refractivity contribution is -0.872. The van der Waals surface area contributed by atoms with Gasteiger partial charge in [0.05, 0.1) is 37.6 Å². The number of rotatable bonds is 6. The fraction of sp³-hybridized carbons (Fsp3) is 0.750. The van der Waals surface area contributed by atoms with E-state index in [4.69, 9.17) is 23.2 Å². The number of halogens is 2. The lowest BCUT2D eigenvalue weighted by Crippen LogP contribution is -2.45. The number of hydrogen-bond acceptors (Lipinski definition) is 0. The predicted octanol–water partition coefficient (Wildman–Crippen LogP) is 2.44. The molecule has 1 nitrogen and oxygen atoms in total. The van der Waals surface area contributed by atoms with Crippen molar-refractivity contribution in [3.63, 3.8) is 0 Å². The van der Waals surface area contributed by atoms with Gasteiger partial charge in [-0.25, -0.2) is 0 Å². The van der Waals surface area contributed by atoms with E-state index in [1.54, 1.807) is 0 Å². The summed E-state index contributed by atoms with van der Waals surface area (Å²) in [7, 11) is 0. The highest BCUT2D eigenvalue weighted by molar-refractivity contribution is 6.18. The molecule has 3 heteroatoms. The van der Waals surface area contributed by atoms with Crippen LogP contribution in [0.2, 0.25) is 0 Å². The van der Waals surface area contributed by atoms with Gasteiger partial charge in [-0.1, -0.05) is 0 Å². The zero-order valence-electron chi connectivity index (χ0n) is 7.02. The smallest absolute Gasteiger partial charge is 0.0966 e. The molecule has 0 aromatic carbocycles. The van der Waals surface area contributed by atoms with E-state index in [-0.39, 0.29) is 0 Å². The van der Waals surface area contributed by atoms with E-state index in [1.807, 2.05) is 6.20 Å². The summed E-state index contributed by atoms with van der Waals surface area (Å²) in [5, 5.41) is 0. The van der Waals surface area contributed by atoms with Crippen molar-refractivity contribution in [1.29, 1.82) is 0 Å². The van der Waals surface area contributed by atoms with Crippen LogP contribution in [0.1, 0.15) is 6.92 Å². The molecule has 0 rings (SSSR count). The van der Waals surface area contributed by atoms with Crippen LogP contribution in [-0.2, 0) is 0 Å². The van der Waals surface area contributed by atoms with Crippen LogP contribution in [0.15, 0.2) is 12.8 Å². The summed E-state index contributed by atoms with van der Waals surface area (Å²) < 4.78 is 0.826. The maximum Gasteiger partial charge on any atom is 0.0966 e. The number of hydrogen-bond donors (Lipinski definition) is 0. The van der Waals surface area contributed by atoms with Crippen LogP contribution in [0.5, 0.6) is 0 Å². The second kappa shape index (κ2) is 5.87. The zero-order chi connectivity index (χ0) is 8.74. The van der Waals surface area contributed by atoms with Crippen LogP contribution in [0.4, 0.5) is 0 Å². The van der Waals surface area contributed by atoms with Crippen molar-refractivity contribution in [2.75, 3.05) is 31.4 Å². The van der Waals surface area contributed by atoms with Crippen molar-refractivity contribution in [3.8, 4) is 0 Å². The predicted molar refractivity (Wildman–Crippen MR) is 52.2 cm³/mol. The second-order valence-electron chi connectivity index (χ2n) is 2.54. The maximum absolute atomic E-state index is 5.67. The Hall–Kier alpha value is 0.280. The third-order valence-electron chi connectivity index (χ3n) is 2.08. The van der Waals surface area contributed by atoms with Gasteiger partial charge >= 0.3 is 0 Å². The second-order valence-corrected chi connectivity index (χ2v) is 3.30. The summed E-state index contributed by atoms with van der Waals surface area (Å²) in [6.07, 6.45) is 1.94. The fourth-order valence-corrected chi connectivity index (χ4v) is 1.75. The molecule has 0 fully saturated rings. The van der Waals surface area contributed by atoms with Crippen LogP contribution in [0.25, 0.3) is 0 Å². The molecular formula is C8H16Cl2N+. The molecule has 0 radical (unpaired) electrons. The Morgan fingerprint density at radius 3 is 1.91 bits per heavy atom. The molecule has 0 spiro atoms. The maximum atomic E-state index is 5.67. The zero-order valence-corrected chi connectivity index (χ0v) is 8.53. The van der Waals surface area contributed by atoms with Gasteiger partial charge in [-0.15, -0.1) is 23.2 Å². The van der Waals surface area contributed by atoms with Crippen molar-refractivity contribution >= 4 is 23.2 Å². The molecule has 0 atom stereocenters. The third-order valence-corrected chi connectivity index (χ3v) is 2.41. The summed E-state index contributed by atoms with van der Waals surface area (Å²) >= 11 is 11.3. The lowest BCUT2D eigenvalue weighted by atomic mass is 10.4. The Labute approximate surface area is 79.2 Å². The molecule has 0 aliphatic heterocycles. The molecule has 0 saturated heterocycles. The van der Waals surface area contributed by atoms with Crippen molar-refractivity contribution in [2.45, 2.75) is 6.92 Å². The van der Waals surface area contributed by atoms with Gasteiger partial charge in [0.1, 0.15) is 0 Å². The SMILES string of the molecule is C=C[N+](CC)(CCCl)CCCl. The van der Waals surface area contributed by atoms with Crippen LogP contribution < -0.4 is 0 Å². The standard InChI is InChI=1S/C8H16Cl2N/c1-3-11(4-2,7-5-9)8-6-10/h3H,1,4-8H2,2H3/q+1. The monoisotopic (exact) mass is 196 g/mol. The van der Waals surface area contributed by atoms with Crippen LogP contribution in [-0.4, -0.2) is 35.9 Å². The highest BCUT2D eigenvalue weighted by Gasteiger charge is 2.19. The summed E-state index contributed by atoms with van der Waals surface area (Å²) in [5.74, 6) is 1.33. The van der Waals surface area contributed by atoms with E-state index in [0.29, 0.717) is 11.8 Å². The largest absolute Gasteiger partial charge is 0.296 e. The molecule has 0 unspecified atom stereocenters. The highest BCUT2D eigenvalue weighted by Crippen LogP contribution is 2.07. The van der Waals surface area contributed by atoms with Crippen molar-refractivity contribution < 1.29 is 4.48 Å². The van der Waals surface area contributed by atoms with Gasteiger partial charge in [-0.3, -0.25) is 4.48 Å². The van der Waals surface area contributed by atoms with E-state index in [2.05, 4.69) is 13.5 Å². The van der Waals surface area contributed by atoms with Gasteiger partial charge in [0, 0.05) is 0 Å². The summed E-state index contributed by atoms with van der Waals surface area (Å²) in [4.78, 5) is 0. The van der Waals surface area contributed by atoms with Crippen molar-refractivity contribution in [3.05, 3.63) is 12.8 Å². The average Bonchev–Trinajstić information content (AvgIpc) is 2.04. The van der Waals surface area contributed by atoms with Crippen molar-refractivity contribution in [2.24, 2.45) is 0 Å². The molecular weight excluding hydrogens is 181 g/mol. The topological polar surface area (TPSA) is 0 Å². The summed E-state index contributed by atoms with van der Waals surface area (Å²) in [6.45, 7) is 8.79. The molecule has 0 amide bonds. The number of alkyl halides is 2. The first kappa shape index (κ1) is 11.3. The average molecular weight is 197 g/mol. The molecule has 0 heterocycles. The minimum atomic E-state index is 0.663. The minimum Gasteiger partial charge on any atom is -0.296 e. The van der Waals surface area contributed by atoms with Gasteiger partial charge in [0.15, 0.2) is 0 Å². The lowest BCUT2D eigenvalue weighted by Gasteiger charge is -2.32. The molecule has 0 aromatic heterocycles. The molecule has 11 heavy (non-hydrogen) atoms. The van der Waals surface area contributed by atoms with E-state index < -0.39 is 0 Å². The molecule has 66 valence electrons. The van der Waals surface area contributed by atoms with Gasteiger partial charge < -0.3 is 0 Å². The Morgan fingerprint density at radius 2 is 1.73 bits per heavy atom. The Bertz CT molecular complexity index is 109. The van der Waals surface area contributed by atoms with E-state index in [0.717, 1.165) is 24.1 Å². The van der Waals surface area contributed by atoms with Gasteiger partial charge in [-0.2, -0.15) is 0 Å². The fourth-order valence-electron chi connectivity index (χ4n) is 1.08. The molecule has 0 saturated carbocycles. The summed E-state index contributed by atoms with van der Waals surface area (Å²) in [6, 6.07) is 0. The normalized spacial score (nSPS) is 11.5. The van der Waals surface area contributed by atoms with E-state index in [9.17, 15) is 0 Å². The van der Waals surface area contributed by atoms with Crippen LogP contribution in [0, 0.1) is 0 Å². The highest BCUT2D eigenvalue weighted by atomic mass is 35.5. The first-order chi connectivity index (χ1) is 5.24. The molecule has 0 aromatic rings. The van der Waals surface area contributed by atoms with Gasteiger partial charge in [0.2, 0.25) is 0 Å². The summed E-state index contributed by atoms with van der Waals surface area (Å²) in [5.41, 5.74) is 0. The quantitative estimate of drug-likeness (QED) is 0.453. The molecule has 0 aliphatic rings. The van der Waals surface area contributed by atoms with Gasteiger partial charge in [0.25, 0.3) is 0 Å². The Morgan fingerprint density at radius 1 is 1.27 bits per heavy atom. The third kappa shape index (κ3) is 3.46. The van der Waals surface area contributed by atoms with Crippen molar-refractivity contribution in [1.82, 2.24) is 0 Å². The molecule has 0 bridgehead atoms. The molecule has 0 aliphatic carbocycles. The number of quaternary nitrogens is 1. The molecule has 0 N–H and O–H groups in total. The van der Waals surface area contributed by atoms with Crippen LogP contribution in [0.3, 0.4) is 0 Å². The van der Waals surface area contributed by atoms with E-state index in [1.165, 1.54) is 0 Å². The first-order valence-electron chi connectivity index (χ1n) is 3.86. The van der Waals surface area contributed by atoms with E-state index >= 15 is 0 Å². The Balaban J connectivity index is 4.07. The van der Waals surface area contributed by atoms with Crippen LogP contribution >= 0.6 is 23.2 Å². The number of nitrogens with zero attached hydrogens (tertiary/aromatic N) is 1.